The summed E-state index contributed by atoms with van der Waals surface area (Å²) in [6.45, 7) is 2.01. The fourth-order valence-corrected chi connectivity index (χ4v) is 3.13. The molecule has 2 N–H and O–H groups in total. The average Bonchev–Trinajstić information content (AvgIpc) is 2.54. The maximum Gasteiger partial charge on any atom is 0.258 e. The number of fused-ring (bicyclic) bond motifs is 1. The molecule has 24 heavy (non-hydrogen) atoms. The van der Waals surface area contributed by atoms with Gasteiger partial charge in [-0.1, -0.05) is 24.0 Å². The second-order valence-electron chi connectivity index (χ2n) is 5.74. The standard InChI is InChI=1S/C18H15BClFN2O/c1-3-9-4-10-5-12(11-6-16(22)15(21)7-13(11)19)18(24)23(2)17(10)8-14(9)20/h4-8H,3,22H2,1-2H3. The molecule has 6 heteroatoms. The number of halogens is 2. The summed E-state index contributed by atoms with van der Waals surface area (Å²) in [6.07, 6.45) is 0.776. The first-order valence-electron chi connectivity index (χ1n) is 7.50. The Kier molecular flexibility index (Phi) is 4.14. The third kappa shape index (κ3) is 2.59. The molecular weight excluding hydrogens is 325 g/mol. The first-order chi connectivity index (χ1) is 11.3. The van der Waals surface area contributed by atoms with Gasteiger partial charge in [0.25, 0.3) is 5.56 Å². The fraction of sp³-hybridized carbons (Fsp3) is 0.167. The number of benzene rings is 2. The van der Waals surface area contributed by atoms with E-state index in [4.69, 9.17) is 25.2 Å². The lowest BCUT2D eigenvalue weighted by molar-refractivity contribution is 0.634. The van der Waals surface area contributed by atoms with E-state index < -0.39 is 5.82 Å². The van der Waals surface area contributed by atoms with E-state index >= 15 is 0 Å². The molecule has 3 nitrogen and oxygen atoms in total. The SMILES string of the molecule is [B]c1cc(F)c(N)cc1-c1cc2cc(CC)c(Cl)cc2n(C)c1=O. The van der Waals surface area contributed by atoms with Crippen LogP contribution in [0.4, 0.5) is 10.1 Å². The number of nitrogens with two attached hydrogens (primary N) is 1. The van der Waals surface area contributed by atoms with Gasteiger partial charge >= 0.3 is 0 Å². The van der Waals surface area contributed by atoms with Crippen LogP contribution in [-0.4, -0.2) is 12.4 Å². The van der Waals surface area contributed by atoms with Crippen LogP contribution in [0.3, 0.4) is 0 Å². The summed E-state index contributed by atoms with van der Waals surface area (Å²) in [5.41, 5.74) is 8.01. The molecular formula is C18H15BClFN2O. The van der Waals surface area contributed by atoms with Crippen molar-refractivity contribution in [3.63, 3.8) is 0 Å². The Morgan fingerprint density at radius 3 is 2.58 bits per heavy atom. The molecule has 0 atom stereocenters. The van der Waals surface area contributed by atoms with Crippen molar-refractivity contribution in [2.45, 2.75) is 13.3 Å². The zero-order valence-corrected chi connectivity index (χ0v) is 14.1. The second kappa shape index (κ2) is 5.98. The number of nitrogens with zero attached hydrogens (tertiary/aromatic N) is 1. The highest BCUT2D eigenvalue weighted by atomic mass is 35.5. The minimum Gasteiger partial charge on any atom is -0.396 e. The van der Waals surface area contributed by atoms with Crippen LogP contribution in [-0.2, 0) is 13.5 Å². The van der Waals surface area contributed by atoms with Crippen molar-refractivity contribution in [3.05, 3.63) is 57.1 Å². The number of hydrogen-bond donors (Lipinski definition) is 1. The molecule has 0 saturated heterocycles. The Labute approximate surface area is 145 Å². The molecule has 0 spiro atoms. The van der Waals surface area contributed by atoms with E-state index in [0.29, 0.717) is 16.1 Å². The van der Waals surface area contributed by atoms with Gasteiger partial charge in [-0.25, -0.2) is 4.39 Å². The molecule has 1 heterocycles. The lowest BCUT2D eigenvalue weighted by atomic mass is 9.86. The first-order valence-corrected chi connectivity index (χ1v) is 7.88. The van der Waals surface area contributed by atoms with E-state index in [9.17, 15) is 9.18 Å². The van der Waals surface area contributed by atoms with Crippen LogP contribution in [0.1, 0.15) is 12.5 Å². The Morgan fingerprint density at radius 2 is 1.92 bits per heavy atom. The maximum atomic E-state index is 13.5. The fourth-order valence-electron chi connectivity index (χ4n) is 2.84. The predicted molar refractivity (Wildman–Crippen MR) is 98.8 cm³/mol. The maximum absolute atomic E-state index is 13.5. The lowest BCUT2D eigenvalue weighted by Crippen LogP contribution is -2.22. The van der Waals surface area contributed by atoms with E-state index in [-0.39, 0.29) is 16.7 Å². The van der Waals surface area contributed by atoms with E-state index in [0.717, 1.165) is 29.0 Å². The number of aromatic nitrogens is 1. The monoisotopic (exact) mass is 340 g/mol. The molecule has 0 amide bonds. The van der Waals surface area contributed by atoms with Crippen LogP contribution in [0.25, 0.3) is 22.0 Å². The van der Waals surface area contributed by atoms with Gasteiger partial charge in [-0.15, -0.1) is 0 Å². The van der Waals surface area contributed by atoms with Crippen molar-refractivity contribution >= 4 is 41.5 Å². The van der Waals surface area contributed by atoms with Crippen molar-refractivity contribution < 1.29 is 4.39 Å². The third-order valence-electron chi connectivity index (χ3n) is 4.23. The van der Waals surface area contributed by atoms with Gasteiger partial charge in [0.05, 0.1) is 11.2 Å². The number of aryl methyl sites for hydroxylation is 2. The van der Waals surface area contributed by atoms with Gasteiger partial charge in [-0.3, -0.25) is 4.79 Å². The largest absolute Gasteiger partial charge is 0.396 e. The average molecular weight is 341 g/mol. The molecule has 3 aromatic rings. The smallest absolute Gasteiger partial charge is 0.258 e. The summed E-state index contributed by atoms with van der Waals surface area (Å²) < 4.78 is 15.1. The van der Waals surface area contributed by atoms with Crippen LogP contribution < -0.4 is 16.8 Å². The molecule has 0 saturated carbocycles. The van der Waals surface area contributed by atoms with E-state index in [1.54, 1.807) is 19.2 Å². The van der Waals surface area contributed by atoms with Crippen molar-refractivity contribution in [2.24, 2.45) is 7.05 Å². The zero-order valence-electron chi connectivity index (χ0n) is 13.4. The summed E-state index contributed by atoms with van der Waals surface area (Å²) >= 11 is 6.25. The molecule has 0 fully saturated rings. The molecule has 3 rings (SSSR count). The number of anilines is 1. The minimum atomic E-state index is -0.603. The third-order valence-corrected chi connectivity index (χ3v) is 4.58. The first kappa shape index (κ1) is 16.6. The van der Waals surface area contributed by atoms with Crippen LogP contribution in [0.15, 0.2) is 35.1 Å². The quantitative estimate of drug-likeness (QED) is 0.576. The minimum absolute atomic E-state index is 0.0493. The van der Waals surface area contributed by atoms with Gasteiger partial charge in [0.2, 0.25) is 0 Å². The second-order valence-corrected chi connectivity index (χ2v) is 6.15. The highest BCUT2D eigenvalue weighted by Crippen LogP contribution is 2.27. The number of nitrogen functional groups attached to an aromatic ring is 1. The molecule has 0 unspecified atom stereocenters. The molecule has 2 aromatic carbocycles. The van der Waals surface area contributed by atoms with Crippen molar-refractivity contribution in [3.8, 4) is 11.1 Å². The van der Waals surface area contributed by atoms with Gasteiger partial charge in [0.1, 0.15) is 13.7 Å². The van der Waals surface area contributed by atoms with Crippen molar-refractivity contribution in [2.75, 3.05) is 5.73 Å². The highest BCUT2D eigenvalue weighted by molar-refractivity contribution is 6.36. The lowest BCUT2D eigenvalue weighted by Gasteiger charge is -2.13. The van der Waals surface area contributed by atoms with Crippen LogP contribution in [0, 0.1) is 5.82 Å². The van der Waals surface area contributed by atoms with Gasteiger partial charge in [-0.05, 0) is 53.3 Å². The Morgan fingerprint density at radius 1 is 1.21 bits per heavy atom. The van der Waals surface area contributed by atoms with Gasteiger partial charge in [0, 0.05) is 17.6 Å². The Hall–Kier alpha value is -2.27. The van der Waals surface area contributed by atoms with Gasteiger partial charge in [-0.2, -0.15) is 0 Å². The molecule has 1 aromatic heterocycles. The summed E-state index contributed by atoms with van der Waals surface area (Å²) in [7, 11) is 7.57. The molecule has 0 aliphatic carbocycles. The Balaban J connectivity index is 2.38. The molecule has 120 valence electrons. The molecule has 0 aliphatic heterocycles. The predicted octanol–water partition coefficient (Wildman–Crippen LogP) is 2.94. The summed E-state index contributed by atoms with van der Waals surface area (Å²) in [5.74, 6) is -0.603. The Bertz CT molecular complexity index is 1030. The van der Waals surface area contributed by atoms with Crippen LogP contribution >= 0.6 is 11.6 Å². The van der Waals surface area contributed by atoms with E-state index in [1.807, 2.05) is 13.0 Å². The number of pyridine rings is 1. The number of rotatable bonds is 2. The molecule has 0 bridgehead atoms. The number of hydrogen-bond acceptors (Lipinski definition) is 2. The van der Waals surface area contributed by atoms with Gasteiger partial charge < -0.3 is 10.3 Å². The van der Waals surface area contributed by atoms with E-state index in [2.05, 4.69) is 0 Å². The summed E-state index contributed by atoms with van der Waals surface area (Å²) in [4.78, 5) is 12.7. The summed E-state index contributed by atoms with van der Waals surface area (Å²) in [6, 6.07) is 8.00. The zero-order chi connectivity index (χ0) is 17.6. The van der Waals surface area contributed by atoms with Crippen LogP contribution in [0.2, 0.25) is 5.02 Å². The normalized spacial score (nSPS) is 11.2. The highest BCUT2D eigenvalue weighted by Gasteiger charge is 2.14. The van der Waals surface area contributed by atoms with E-state index in [1.165, 1.54) is 10.6 Å². The summed E-state index contributed by atoms with van der Waals surface area (Å²) in [5, 5.41) is 1.48. The van der Waals surface area contributed by atoms with Gasteiger partial charge in [0.15, 0.2) is 0 Å². The van der Waals surface area contributed by atoms with Crippen molar-refractivity contribution in [1.82, 2.24) is 4.57 Å². The van der Waals surface area contributed by atoms with Crippen molar-refractivity contribution in [1.29, 1.82) is 0 Å². The molecule has 2 radical (unpaired) electrons. The van der Waals surface area contributed by atoms with Crippen LogP contribution in [0.5, 0.6) is 0 Å². The molecule has 0 aliphatic rings. The topological polar surface area (TPSA) is 48.0 Å².